The molecule has 3 aromatic heterocycles. The molecule has 126 valence electrons. The van der Waals surface area contributed by atoms with E-state index in [2.05, 4.69) is 70.3 Å². The lowest BCUT2D eigenvalue weighted by atomic mass is 10.0. The average molecular weight is 356 g/mol. The normalized spacial score (nSPS) is 11.2. The lowest BCUT2D eigenvalue weighted by Crippen LogP contribution is -2.03. The second-order valence-corrected chi connectivity index (χ2v) is 7.12. The van der Waals surface area contributed by atoms with Gasteiger partial charge in [-0.3, -0.25) is 0 Å². The zero-order valence-corrected chi connectivity index (χ0v) is 14.8. The van der Waals surface area contributed by atoms with E-state index in [1.807, 2.05) is 22.8 Å². The van der Waals surface area contributed by atoms with Crippen LogP contribution in [0.2, 0.25) is 0 Å². The van der Waals surface area contributed by atoms with Gasteiger partial charge in [-0.25, -0.2) is 9.50 Å². The van der Waals surface area contributed by atoms with Crippen LogP contribution in [0.3, 0.4) is 0 Å². The fourth-order valence-electron chi connectivity index (χ4n) is 3.19. The smallest absolute Gasteiger partial charge is 0.154 e. The molecule has 0 aliphatic rings. The molecule has 0 bridgehead atoms. The third-order valence-electron chi connectivity index (χ3n) is 4.45. The predicted molar refractivity (Wildman–Crippen MR) is 108 cm³/mol. The van der Waals surface area contributed by atoms with Gasteiger partial charge in [-0.2, -0.15) is 0 Å². The maximum atomic E-state index is 4.77. The van der Waals surface area contributed by atoms with Crippen LogP contribution in [0.1, 0.15) is 4.88 Å². The number of imidazole rings is 1. The summed E-state index contributed by atoms with van der Waals surface area (Å²) in [4.78, 5) is 5.81. The maximum absolute atomic E-state index is 4.77. The minimum atomic E-state index is 0.772. The van der Waals surface area contributed by atoms with Crippen molar-refractivity contribution in [2.24, 2.45) is 0 Å². The Morgan fingerprint density at radius 3 is 2.77 bits per heavy atom. The van der Waals surface area contributed by atoms with E-state index in [0.717, 1.165) is 29.3 Å². The quantitative estimate of drug-likeness (QED) is 0.480. The molecular weight excluding hydrogens is 340 g/mol. The van der Waals surface area contributed by atoms with Gasteiger partial charge in [-0.05, 0) is 34.4 Å². The summed E-state index contributed by atoms with van der Waals surface area (Å²) in [6, 6.07) is 22.9. The van der Waals surface area contributed by atoms with Crippen molar-refractivity contribution in [2.75, 3.05) is 5.32 Å². The second-order valence-electron chi connectivity index (χ2n) is 6.09. The highest BCUT2D eigenvalue weighted by atomic mass is 32.1. The van der Waals surface area contributed by atoms with Crippen molar-refractivity contribution < 1.29 is 0 Å². The Hall–Kier alpha value is -3.18. The molecule has 0 unspecified atom stereocenters. The Kier molecular flexibility index (Phi) is 3.65. The molecule has 0 saturated carbocycles. The van der Waals surface area contributed by atoms with Crippen molar-refractivity contribution in [3.8, 4) is 11.3 Å². The molecule has 0 aliphatic heterocycles. The molecule has 0 saturated heterocycles. The lowest BCUT2D eigenvalue weighted by Gasteiger charge is -2.08. The molecule has 1 N–H and O–H groups in total. The summed E-state index contributed by atoms with van der Waals surface area (Å²) in [5.41, 5.74) is 2.98. The van der Waals surface area contributed by atoms with Gasteiger partial charge in [0.05, 0.1) is 18.4 Å². The molecule has 5 rings (SSSR count). The zero-order chi connectivity index (χ0) is 17.3. The minimum Gasteiger partial charge on any atom is -0.364 e. The van der Waals surface area contributed by atoms with E-state index < -0.39 is 0 Å². The van der Waals surface area contributed by atoms with Gasteiger partial charge in [-0.1, -0.05) is 48.5 Å². The number of aromatic nitrogens is 3. The van der Waals surface area contributed by atoms with Crippen molar-refractivity contribution in [1.82, 2.24) is 14.6 Å². The molecule has 4 nitrogen and oxygen atoms in total. The van der Waals surface area contributed by atoms with E-state index in [0.29, 0.717) is 0 Å². The van der Waals surface area contributed by atoms with Crippen LogP contribution < -0.4 is 5.32 Å². The fourth-order valence-corrected chi connectivity index (χ4v) is 3.84. The number of hydrogen-bond donors (Lipinski definition) is 1. The highest BCUT2D eigenvalue weighted by Crippen LogP contribution is 2.29. The van der Waals surface area contributed by atoms with Gasteiger partial charge in [0.1, 0.15) is 5.82 Å². The average Bonchev–Trinajstić information content (AvgIpc) is 3.35. The number of rotatable bonds is 4. The van der Waals surface area contributed by atoms with Crippen LogP contribution in [0.4, 0.5) is 5.82 Å². The summed E-state index contributed by atoms with van der Waals surface area (Å²) in [6.07, 6.45) is 1.90. The van der Waals surface area contributed by atoms with E-state index in [1.54, 1.807) is 11.3 Å². The molecule has 0 radical (unpaired) electrons. The summed E-state index contributed by atoms with van der Waals surface area (Å²) in [7, 11) is 0. The predicted octanol–water partition coefficient (Wildman–Crippen LogP) is 5.22. The molecule has 0 fully saturated rings. The topological polar surface area (TPSA) is 42.2 Å². The second kappa shape index (κ2) is 6.28. The van der Waals surface area contributed by atoms with Gasteiger partial charge in [0, 0.05) is 10.4 Å². The third-order valence-corrected chi connectivity index (χ3v) is 5.33. The highest BCUT2D eigenvalue weighted by Gasteiger charge is 2.11. The van der Waals surface area contributed by atoms with Gasteiger partial charge >= 0.3 is 0 Å². The summed E-state index contributed by atoms with van der Waals surface area (Å²) >= 11 is 1.74. The van der Waals surface area contributed by atoms with Gasteiger partial charge in [0.25, 0.3) is 0 Å². The number of nitrogens with zero attached hydrogens (tertiary/aromatic N) is 3. The molecule has 3 heterocycles. The number of anilines is 1. The van der Waals surface area contributed by atoms with Crippen molar-refractivity contribution >= 4 is 33.6 Å². The van der Waals surface area contributed by atoms with Gasteiger partial charge in [0.2, 0.25) is 0 Å². The van der Waals surface area contributed by atoms with Gasteiger partial charge in [0.15, 0.2) is 5.65 Å². The molecule has 5 aromatic rings. The van der Waals surface area contributed by atoms with Crippen LogP contribution in [-0.2, 0) is 6.54 Å². The van der Waals surface area contributed by atoms with Crippen LogP contribution in [0.5, 0.6) is 0 Å². The van der Waals surface area contributed by atoms with E-state index in [9.17, 15) is 0 Å². The fraction of sp³-hybridized carbons (Fsp3) is 0.0476. The van der Waals surface area contributed by atoms with E-state index in [4.69, 9.17) is 5.10 Å². The first-order chi connectivity index (χ1) is 12.9. The molecule has 0 spiro atoms. The molecule has 5 heteroatoms. The monoisotopic (exact) mass is 356 g/mol. The number of nitrogens with one attached hydrogen (secondary N) is 1. The molecular formula is C21H16N4S. The van der Waals surface area contributed by atoms with Crippen LogP contribution >= 0.6 is 11.3 Å². The van der Waals surface area contributed by atoms with Crippen LogP contribution in [-0.4, -0.2) is 14.6 Å². The first kappa shape index (κ1) is 15.1. The number of fused-ring (bicyclic) bond motifs is 2. The Morgan fingerprint density at radius 2 is 1.85 bits per heavy atom. The first-order valence-electron chi connectivity index (χ1n) is 8.48. The highest BCUT2D eigenvalue weighted by molar-refractivity contribution is 7.09. The lowest BCUT2D eigenvalue weighted by molar-refractivity contribution is 0.934. The summed E-state index contributed by atoms with van der Waals surface area (Å²) in [6.45, 7) is 0.772. The van der Waals surface area contributed by atoms with Crippen LogP contribution in [0.25, 0.3) is 27.7 Å². The third kappa shape index (κ3) is 2.62. The standard InChI is InChI=1S/C21H16N4S/c1-2-8-17-15(5-1)6-3-9-18(17)19-14-23-21-11-10-20(24-25(19)21)22-13-16-7-4-12-26-16/h1-12,14H,13H2,(H,22,24). The van der Waals surface area contributed by atoms with Gasteiger partial charge in [-0.15, -0.1) is 16.4 Å². The molecule has 2 aromatic carbocycles. The Morgan fingerprint density at radius 1 is 0.923 bits per heavy atom. The molecule has 0 aliphatic carbocycles. The largest absolute Gasteiger partial charge is 0.364 e. The molecule has 26 heavy (non-hydrogen) atoms. The molecule has 0 amide bonds. The summed E-state index contributed by atoms with van der Waals surface area (Å²) in [5, 5.41) is 12.7. The van der Waals surface area contributed by atoms with E-state index in [-0.39, 0.29) is 0 Å². The van der Waals surface area contributed by atoms with Crippen molar-refractivity contribution in [3.63, 3.8) is 0 Å². The Bertz CT molecular complexity index is 1190. The van der Waals surface area contributed by atoms with Crippen LogP contribution in [0.15, 0.2) is 78.3 Å². The van der Waals surface area contributed by atoms with E-state index in [1.165, 1.54) is 15.6 Å². The number of hydrogen-bond acceptors (Lipinski definition) is 4. The summed E-state index contributed by atoms with van der Waals surface area (Å²) < 4.78 is 1.92. The SMILES string of the molecule is c1csc(CNc2ccc3ncc(-c4cccc5ccccc45)n3n2)c1. The maximum Gasteiger partial charge on any atom is 0.154 e. The Labute approximate surface area is 154 Å². The van der Waals surface area contributed by atoms with Crippen LogP contribution in [0, 0.1) is 0 Å². The minimum absolute atomic E-state index is 0.772. The number of thiophene rings is 1. The number of benzene rings is 2. The van der Waals surface area contributed by atoms with Crippen molar-refractivity contribution in [3.05, 3.63) is 83.2 Å². The molecule has 0 atom stereocenters. The van der Waals surface area contributed by atoms with E-state index >= 15 is 0 Å². The zero-order valence-electron chi connectivity index (χ0n) is 14.0. The Balaban J connectivity index is 1.58. The van der Waals surface area contributed by atoms with Gasteiger partial charge < -0.3 is 5.32 Å². The van der Waals surface area contributed by atoms with Crippen molar-refractivity contribution in [1.29, 1.82) is 0 Å². The van der Waals surface area contributed by atoms with Crippen molar-refractivity contribution in [2.45, 2.75) is 6.54 Å². The summed E-state index contributed by atoms with van der Waals surface area (Å²) in [5.74, 6) is 0.838. The first-order valence-corrected chi connectivity index (χ1v) is 9.36.